The number of piperidine rings is 1. The van der Waals surface area contributed by atoms with E-state index in [1.807, 2.05) is 12.1 Å². The third-order valence-electron chi connectivity index (χ3n) is 6.02. The van der Waals surface area contributed by atoms with Crippen molar-refractivity contribution in [1.29, 1.82) is 0 Å². The summed E-state index contributed by atoms with van der Waals surface area (Å²) < 4.78 is 0. The highest BCUT2D eigenvalue weighted by molar-refractivity contribution is 6.05. The quantitative estimate of drug-likeness (QED) is 0.661. The Kier molecular flexibility index (Phi) is 4.97. The zero-order valence-electron chi connectivity index (χ0n) is 16.5. The Hall–Kier alpha value is -2.25. The fourth-order valence-corrected chi connectivity index (χ4v) is 4.51. The molecule has 7 heteroatoms. The minimum atomic E-state index is -0.559. The lowest BCUT2D eigenvalue weighted by Crippen LogP contribution is -2.52. The van der Waals surface area contributed by atoms with Crippen LogP contribution in [0.3, 0.4) is 0 Å². The van der Waals surface area contributed by atoms with Crippen LogP contribution in [-0.2, 0) is 22.7 Å². The molecule has 150 valence electrons. The Labute approximate surface area is 165 Å². The van der Waals surface area contributed by atoms with Gasteiger partial charge in [0, 0.05) is 43.2 Å². The van der Waals surface area contributed by atoms with Crippen molar-refractivity contribution in [3.8, 4) is 0 Å². The molecule has 0 aliphatic carbocycles. The summed E-state index contributed by atoms with van der Waals surface area (Å²) in [7, 11) is 0. The molecule has 3 heterocycles. The van der Waals surface area contributed by atoms with Crippen LogP contribution < -0.4 is 16.0 Å². The first-order valence-electron chi connectivity index (χ1n) is 10.1. The molecule has 3 aliphatic rings. The van der Waals surface area contributed by atoms with E-state index in [2.05, 4.69) is 35.9 Å². The Balaban J connectivity index is 1.36. The molecule has 3 N–H and O–H groups in total. The number of imide groups is 1. The summed E-state index contributed by atoms with van der Waals surface area (Å²) in [5, 5.41) is 9.48. The van der Waals surface area contributed by atoms with Crippen molar-refractivity contribution in [3.63, 3.8) is 0 Å². The number of nitrogens with one attached hydrogen (secondary N) is 3. The van der Waals surface area contributed by atoms with E-state index in [1.54, 1.807) is 4.90 Å². The van der Waals surface area contributed by atoms with Crippen molar-refractivity contribution < 1.29 is 14.4 Å². The maximum atomic E-state index is 12.7. The van der Waals surface area contributed by atoms with E-state index in [0.29, 0.717) is 24.6 Å². The van der Waals surface area contributed by atoms with E-state index >= 15 is 0 Å². The maximum Gasteiger partial charge on any atom is 0.255 e. The highest BCUT2D eigenvalue weighted by Gasteiger charge is 2.39. The fraction of sp³-hybridized carbons (Fsp3) is 0.571. The van der Waals surface area contributed by atoms with Gasteiger partial charge in [0.15, 0.2) is 0 Å². The molecule has 0 bridgehead atoms. The van der Waals surface area contributed by atoms with Crippen molar-refractivity contribution in [2.24, 2.45) is 0 Å². The number of hydrogen-bond acceptors (Lipinski definition) is 5. The van der Waals surface area contributed by atoms with Crippen molar-refractivity contribution in [2.45, 2.75) is 70.2 Å². The predicted octanol–water partition coefficient (Wildman–Crippen LogP) is 1.07. The molecule has 3 amide bonds. The monoisotopic (exact) mass is 384 g/mol. The summed E-state index contributed by atoms with van der Waals surface area (Å²) in [6.07, 6.45) is 3.04. The van der Waals surface area contributed by atoms with E-state index in [0.717, 1.165) is 24.2 Å². The Morgan fingerprint density at radius 1 is 1.21 bits per heavy atom. The van der Waals surface area contributed by atoms with Crippen LogP contribution in [0.4, 0.5) is 0 Å². The molecule has 2 saturated heterocycles. The van der Waals surface area contributed by atoms with Gasteiger partial charge in [-0.15, -0.1) is 0 Å². The van der Waals surface area contributed by atoms with E-state index in [-0.39, 0.29) is 29.7 Å². The van der Waals surface area contributed by atoms with Crippen LogP contribution in [0.5, 0.6) is 0 Å². The Morgan fingerprint density at radius 2 is 2.04 bits per heavy atom. The van der Waals surface area contributed by atoms with Gasteiger partial charge in [-0.2, -0.15) is 0 Å². The van der Waals surface area contributed by atoms with Gasteiger partial charge in [0.1, 0.15) is 6.04 Å². The smallest absolute Gasteiger partial charge is 0.255 e. The fourth-order valence-electron chi connectivity index (χ4n) is 4.51. The third-order valence-corrected chi connectivity index (χ3v) is 6.02. The van der Waals surface area contributed by atoms with Crippen molar-refractivity contribution in [1.82, 2.24) is 20.9 Å². The highest BCUT2D eigenvalue weighted by Crippen LogP contribution is 2.28. The number of carbonyl (C=O) groups is 3. The van der Waals surface area contributed by atoms with Gasteiger partial charge in [0.2, 0.25) is 11.8 Å². The molecule has 3 aliphatic heterocycles. The first-order chi connectivity index (χ1) is 13.3. The lowest BCUT2D eigenvalue weighted by molar-refractivity contribution is -0.136. The molecular formula is C21H28N4O3. The van der Waals surface area contributed by atoms with Gasteiger partial charge in [0.05, 0.1) is 0 Å². The van der Waals surface area contributed by atoms with Gasteiger partial charge in [-0.1, -0.05) is 12.1 Å². The summed E-state index contributed by atoms with van der Waals surface area (Å²) in [4.78, 5) is 37.8. The summed E-state index contributed by atoms with van der Waals surface area (Å²) in [5.41, 5.74) is 2.97. The molecule has 28 heavy (non-hydrogen) atoms. The van der Waals surface area contributed by atoms with Crippen molar-refractivity contribution >= 4 is 17.7 Å². The van der Waals surface area contributed by atoms with Crippen LogP contribution >= 0.6 is 0 Å². The van der Waals surface area contributed by atoms with E-state index in [1.165, 1.54) is 12.8 Å². The Morgan fingerprint density at radius 3 is 2.75 bits per heavy atom. The minimum absolute atomic E-state index is 0.124. The predicted molar refractivity (Wildman–Crippen MR) is 104 cm³/mol. The van der Waals surface area contributed by atoms with Crippen LogP contribution in [0.25, 0.3) is 0 Å². The molecule has 0 spiro atoms. The minimum Gasteiger partial charge on any atom is -0.322 e. The number of amides is 3. The van der Waals surface area contributed by atoms with Gasteiger partial charge >= 0.3 is 0 Å². The van der Waals surface area contributed by atoms with E-state index < -0.39 is 6.04 Å². The number of fused-ring (bicyclic) bond motifs is 1. The van der Waals surface area contributed by atoms with Crippen LogP contribution in [-0.4, -0.2) is 46.8 Å². The first-order valence-corrected chi connectivity index (χ1v) is 10.1. The van der Waals surface area contributed by atoms with E-state index in [9.17, 15) is 14.4 Å². The Bertz CT molecular complexity index is 820. The normalized spacial score (nSPS) is 26.5. The summed E-state index contributed by atoms with van der Waals surface area (Å²) >= 11 is 0. The molecule has 2 atom stereocenters. The number of hydrogen-bond donors (Lipinski definition) is 3. The zero-order valence-corrected chi connectivity index (χ0v) is 16.5. The molecule has 0 radical (unpaired) electrons. The lowest BCUT2D eigenvalue weighted by atomic mass is 10.0. The first kappa shape index (κ1) is 19.1. The molecule has 1 aromatic carbocycles. The average molecular weight is 384 g/mol. The third kappa shape index (κ3) is 3.82. The summed E-state index contributed by atoms with van der Waals surface area (Å²) in [5.74, 6) is -0.758. The second kappa shape index (κ2) is 7.29. The number of nitrogens with zero attached hydrogens (tertiary/aromatic N) is 1. The van der Waals surface area contributed by atoms with Gasteiger partial charge < -0.3 is 15.5 Å². The van der Waals surface area contributed by atoms with Gasteiger partial charge in [0.25, 0.3) is 5.91 Å². The molecule has 7 nitrogen and oxygen atoms in total. The largest absolute Gasteiger partial charge is 0.322 e. The second-order valence-corrected chi connectivity index (χ2v) is 8.79. The van der Waals surface area contributed by atoms with Gasteiger partial charge in [-0.3, -0.25) is 19.7 Å². The molecular weight excluding hydrogens is 356 g/mol. The van der Waals surface area contributed by atoms with Crippen LogP contribution in [0.15, 0.2) is 18.2 Å². The maximum absolute atomic E-state index is 12.7. The molecule has 0 saturated carbocycles. The molecule has 0 aromatic heterocycles. The number of rotatable bonds is 5. The summed E-state index contributed by atoms with van der Waals surface area (Å²) in [6.45, 7) is 6.56. The van der Waals surface area contributed by atoms with Gasteiger partial charge in [-0.05, 0) is 50.3 Å². The van der Waals surface area contributed by atoms with Gasteiger partial charge in [-0.25, -0.2) is 0 Å². The molecule has 4 rings (SSSR count). The second-order valence-electron chi connectivity index (χ2n) is 8.79. The van der Waals surface area contributed by atoms with Crippen molar-refractivity contribution in [3.05, 3.63) is 34.9 Å². The van der Waals surface area contributed by atoms with Crippen LogP contribution in [0.2, 0.25) is 0 Å². The molecule has 2 unspecified atom stereocenters. The lowest BCUT2D eigenvalue weighted by Gasteiger charge is -2.29. The highest BCUT2D eigenvalue weighted by atomic mass is 16.2. The number of benzene rings is 1. The average Bonchev–Trinajstić information content (AvgIpc) is 3.14. The van der Waals surface area contributed by atoms with Crippen molar-refractivity contribution in [2.75, 3.05) is 6.54 Å². The standard InChI is InChI=1S/C21H28N4O3/c1-21(2)8-7-15(24-21)11-22-10-13-3-4-16-14(9-13)12-25(20(16)28)17-5-6-18(26)23-19(17)27/h3-4,9,15,17,22,24H,5-8,10-12H2,1-2H3,(H,23,26,27). The SMILES string of the molecule is CC1(C)CCC(CNCc2ccc3c(c2)CN(C2CCC(=O)NC2=O)C3=O)N1. The summed E-state index contributed by atoms with van der Waals surface area (Å²) in [6, 6.07) is 5.82. The van der Waals surface area contributed by atoms with Crippen LogP contribution in [0, 0.1) is 0 Å². The zero-order chi connectivity index (χ0) is 19.9. The van der Waals surface area contributed by atoms with E-state index in [4.69, 9.17) is 0 Å². The molecule has 1 aromatic rings. The van der Waals surface area contributed by atoms with Crippen LogP contribution in [0.1, 0.15) is 61.0 Å². The topological polar surface area (TPSA) is 90.5 Å². The molecule has 2 fully saturated rings. The number of carbonyl (C=O) groups excluding carboxylic acids is 3.